The molecule has 3 aliphatic rings. The number of fused-ring (bicyclic) bond motifs is 3. The van der Waals surface area contributed by atoms with Crippen LogP contribution in [0.2, 0.25) is 0 Å². The lowest BCUT2D eigenvalue weighted by molar-refractivity contribution is -0.139. The molecule has 2 aromatic rings. The first-order valence-corrected chi connectivity index (χ1v) is 10.8. The fraction of sp³-hybridized carbons (Fsp3) is 0.440. The third-order valence-corrected chi connectivity index (χ3v) is 7.32. The van der Waals surface area contributed by atoms with E-state index in [1.165, 1.54) is 27.8 Å². The van der Waals surface area contributed by atoms with Crippen LogP contribution in [0.1, 0.15) is 48.8 Å². The van der Waals surface area contributed by atoms with E-state index in [0.717, 1.165) is 51.6 Å². The fourth-order valence-corrected chi connectivity index (χ4v) is 5.38. The maximum absolute atomic E-state index is 12.6. The van der Waals surface area contributed by atoms with Crippen LogP contribution in [-0.4, -0.2) is 35.0 Å². The molecule has 0 radical (unpaired) electrons. The minimum Gasteiger partial charge on any atom is -0.481 e. The van der Waals surface area contributed by atoms with Gasteiger partial charge in [0.15, 0.2) is 0 Å². The molecule has 1 spiro atoms. The highest BCUT2D eigenvalue weighted by molar-refractivity contribution is 5.78. The maximum atomic E-state index is 12.6. The average Bonchev–Trinajstić information content (AvgIpc) is 3.30. The zero-order chi connectivity index (χ0) is 20.0. The molecule has 2 aliphatic carbocycles. The van der Waals surface area contributed by atoms with Crippen LogP contribution in [0.4, 0.5) is 0 Å². The number of piperidine rings is 1. The molecular weight excluding hydrogens is 362 g/mol. The van der Waals surface area contributed by atoms with Gasteiger partial charge in [-0.1, -0.05) is 42.5 Å². The van der Waals surface area contributed by atoms with Gasteiger partial charge in [-0.15, -0.1) is 0 Å². The summed E-state index contributed by atoms with van der Waals surface area (Å²) in [7, 11) is 0. The van der Waals surface area contributed by atoms with Crippen LogP contribution in [0.3, 0.4) is 0 Å². The second kappa shape index (κ2) is 7.01. The maximum Gasteiger partial charge on any atom is 0.307 e. The van der Waals surface area contributed by atoms with E-state index in [4.69, 9.17) is 0 Å². The van der Waals surface area contributed by atoms with Crippen molar-refractivity contribution in [2.45, 2.75) is 44.9 Å². The Morgan fingerprint density at radius 2 is 1.79 bits per heavy atom. The number of carboxylic acid groups (broad SMARTS) is 1. The van der Waals surface area contributed by atoms with Crippen molar-refractivity contribution >= 4 is 11.9 Å². The Morgan fingerprint density at radius 3 is 2.55 bits per heavy atom. The Balaban J connectivity index is 1.13. The van der Waals surface area contributed by atoms with Crippen molar-refractivity contribution in [1.82, 2.24) is 4.90 Å². The van der Waals surface area contributed by atoms with Crippen molar-refractivity contribution < 1.29 is 14.7 Å². The summed E-state index contributed by atoms with van der Waals surface area (Å²) in [5, 5.41) is 9.20. The molecular formula is C25H27NO3. The molecule has 29 heavy (non-hydrogen) atoms. The molecule has 1 unspecified atom stereocenters. The molecule has 0 aromatic heterocycles. The number of aliphatic carboxylic acids is 1. The molecule has 1 aliphatic heterocycles. The molecule has 4 nitrogen and oxygen atoms in total. The molecule has 2 aromatic carbocycles. The lowest BCUT2D eigenvalue weighted by Gasteiger charge is -2.32. The first kappa shape index (κ1) is 18.4. The van der Waals surface area contributed by atoms with Crippen molar-refractivity contribution in [1.29, 1.82) is 0 Å². The van der Waals surface area contributed by atoms with Crippen LogP contribution >= 0.6 is 0 Å². The summed E-state index contributed by atoms with van der Waals surface area (Å²) in [6, 6.07) is 15.4. The summed E-state index contributed by atoms with van der Waals surface area (Å²) >= 11 is 0. The summed E-state index contributed by atoms with van der Waals surface area (Å²) in [6.07, 6.45) is 5.86. The van der Waals surface area contributed by atoms with Gasteiger partial charge in [0.1, 0.15) is 0 Å². The average molecular weight is 389 g/mol. The van der Waals surface area contributed by atoms with E-state index in [-0.39, 0.29) is 17.2 Å². The first-order chi connectivity index (χ1) is 14.1. The van der Waals surface area contributed by atoms with Gasteiger partial charge in [0.05, 0.1) is 5.92 Å². The van der Waals surface area contributed by atoms with Gasteiger partial charge in [-0.05, 0) is 71.8 Å². The van der Waals surface area contributed by atoms with Crippen LogP contribution in [0.15, 0.2) is 42.5 Å². The van der Waals surface area contributed by atoms with Gasteiger partial charge < -0.3 is 10.0 Å². The lowest BCUT2D eigenvalue weighted by Crippen LogP contribution is -2.39. The molecule has 0 bridgehead atoms. The quantitative estimate of drug-likeness (QED) is 0.708. The highest BCUT2D eigenvalue weighted by Gasteiger charge is 2.59. The van der Waals surface area contributed by atoms with Crippen molar-refractivity contribution in [2.24, 2.45) is 11.3 Å². The van der Waals surface area contributed by atoms with Crippen LogP contribution < -0.4 is 0 Å². The number of rotatable bonds is 5. The molecule has 1 saturated heterocycles. The number of aryl methyl sites for hydroxylation is 1. The van der Waals surface area contributed by atoms with Gasteiger partial charge in [0, 0.05) is 19.5 Å². The van der Waals surface area contributed by atoms with E-state index in [1.54, 1.807) is 0 Å². The van der Waals surface area contributed by atoms with E-state index in [0.29, 0.717) is 6.42 Å². The molecule has 1 heterocycles. The summed E-state index contributed by atoms with van der Waals surface area (Å²) in [4.78, 5) is 25.7. The summed E-state index contributed by atoms with van der Waals surface area (Å²) < 4.78 is 0. The molecule has 2 fully saturated rings. The lowest BCUT2D eigenvalue weighted by atomic mass is 9.90. The number of nitrogens with zero attached hydrogens (tertiary/aromatic N) is 1. The minimum atomic E-state index is -0.665. The zero-order valence-corrected chi connectivity index (χ0v) is 16.7. The zero-order valence-electron chi connectivity index (χ0n) is 16.7. The molecule has 150 valence electrons. The van der Waals surface area contributed by atoms with Gasteiger partial charge >= 0.3 is 5.97 Å². The monoisotopic (exact) mass is 389 g/mol. The van der Waals surface area contributed by atoms with Gasteiger partial charge in [0.25, 0.3) is 0 Å². The minimum absolute atomic E-state index is 0.0106. The van der Waals surface area contributed by atoms with Crippen LogP contribution in [0.5, 0.6) is 0 Å². The number of carbonyl (C=O) groups is 2. The standard InChI is InChI=1S/C25H27NO3/c27-23(26-12-10-25(11-13-26)16-22(25)24(28)29)7-3-4-17-8-9-19-15-18-5-1-2-6-20(18)21(19)14-17/h1-2,5-6,8-9,14,22H,3-4,7,10-13,15-16H2,(H,28,29). The van der Waals surface area contributed by atoms with Gasteiger partial charge in [-0.2, -0.15) is 0 Å². The number of benzene rings is 2. The number of likely N-dealkylation sites (tertiary alicyclic amines) is 1. The number of carboxylic acids is 1. The van der Waals surface area contributed by atoms with E-state index < -0.39 is 5.97 Å². The van der Waals surface area contributed by atoms with Crippen molar-refractivity contribution in [3.05, 3.63) is 59.2 Å². The van der Waals surface area contributed by atoms with Gasteiger partial charge in [-0.25, -0.2) is 0 Å². The van der Waals surface area contributed by atoms with E-state index in [9.17, 15) is 14.7 Å². The number of carbonyl (C=O) groups excluding carboxylic acids is 1. The normalized spacial score (nSPS) is 21.0. The third-order valence-electron chi connectivity index (χ3n) is 7.32. The molecule has 1 N–H and O–H groups in total. The summed E-state index contributed by atoms with van der Waals surface area (Å²) in [6.45, 7) is 1.44. The predicted molar refractivity (Wildman–Crippen MR) is 112 cm³/mol. The van der Waals surface area contributed by atoms with E-state index >= 15 is 0 Å². The molecule has 5 rings (SSSR count). The molecule has 4 heteroatoms. The Bertz CT molecular complexity index is 972. The van der Waals surface area contributed by atoms with Crippen molar-refractivity contribution in [3.8, 4) is 11.1 Å². The Morgan fingerprint density at radius 1 is 1.03 bits per heavy atom. The number of hydrogen-bond donors (Lipinski definition) is 1. The summed E-state index contributed by atoms with van der Waals surface area (Å²) in [5.74, 6) is -0.620. The Labute approximate surface area is 171 Å². The largest absolute Gasteiger partial charge is 0.481 e. The van der Waals surface area contributed by atoms with Gasteiger partial charge in [0.2, 0.25) is 5.91 Å². The highest BCUT2D eigenvalue weighted by atomic mass is 16.4. The third kappa shape index (κ3) is 3.35. The van der Waals surface area contributed by atoms with Gasteiger partial charge in [-0.3, -0.25) is 9.59 Å². The fourth-order valence-electron chi connectivity index (χ4n) is 5.38. The van der Waals surface area contributed by atoms with Crippen molar-refractivity contribution in [2.75, 3.05) is 13.1 Å². The molecule has 1 amide bonds. The predicted octanol–water partition coefficient (Wildman–Crippen LogP) is 4.29. The Hall–Kier alpha value is -2.62. The topological polar surface area (TPSA) is 57.6 Å². The molecule has 1 atom stereocenters. The van der Waals surface area contributed by atoms with E-state index in [2.05, 4.69) is 42.5 Å². The van der Waals surface area contributed by atoms with Crippen LogP contribution in [0, 0.1) is 11.3 Å². The second-order valence-corrected chi connectivity index (χ2v) is 9.02. The van der Waals surface area contributed by atoms with Crippen LogP contribution in [0.25, 0.3) is 11.1 Å². The summed E-state index contributed by atoms with van der Waals surface area (Å²) in [5.41, 5.74) is 6.79. The number of hydrogen-bond acceptors (Lipinski definition) is 2. The number of amides is 1. The highest BCUT2D eigenvalue weighted by Crippen LogP contribution is 2.59. The van der Waals surface area contributed by atoms with Crippen molar-refractivity contribution in [3.63, 3.8) is 0 Å². The second-order valence-electron chi connectivity index (χ2n) is 9.02. The van der Waals surface area contributed by atoms with E-state index in [1.807, 2.05) is 4.90 Å². The molecule has 1 saturated carbocycles. The first-order valence-electron chi connectivity index (χ1n) is 10.8. The van der Waals surface area contributed by atoms with Crippen LogP contribution in [-0.2, 0) is 22.4 Å². The smallest absolute Gasteiger partial charge is 0.307 e. The Kier molecular flexibility index (Phi) is 4.45. The SMILES string of the molecule is O=C(O)C1CC12CCN(C(=O)CCCc1ccc3c(c1)-c1ccccc1C3)CC2.